The van der Waals surface area contributed by atoms with Gasteiger partial charge in [-0.2, -0.15) is 13.2 Å². The van der Waals surface area contributed by atoms with Crippen molar-refractivity contribution in [2.45, 2.75) is 75.4 Å². The van der Waals surface area contributed by atoms with Crippen molar-refractivity contribution in [1.82, 2.24) is 15.2 Å². The van der Waals surface area contributed by atoms with Crippen molar-refractivity contribution < 1.29 is 33.0 Å². The third-order valence-electron chi connectivity index (χ3n) is 7.40. The van der Waals surface area contributed by atoms with Crippen LogP contribution in [0.25, 0.3) is 0 Å². The van der Waals surface area contributed by atoms with Crippen LogP contribution < -0.4 is 5.32 Å². The van der Waals surface area contributed by atoms with E-state index in [9.17, 15) is 28.3 Å². The minimum absolute atomic E-state index is 0.00249. The fraction of sp³-hybridized carbons (Fsp3) is 0.577. The number of benzene rings is 1. The number of methoxy groups -OCH3 is 1. The second kappa shape index (κ2) is 12.1. The number of hydrogen-bond acceptors (Lipinski definition) is 8. The van der Waals surface area contributed by atoms with Crippen molar-refractivity contribution in [3.8, 4) is 0 Å². The first-order chi connectivity index (χ1) is 18.1. The number of alkyl halides is 3. The molecule has 208 valence electrons. The molecule has 1 aliphatic carbocycles. The summed E-state index contributed by atoms with van der Waals surface area (Å²) in [6, 6.07) is 4.85. The van der Waals surface area contributed by atoms with Gasteiger partial charge in [0, 0.05) is 51.3 Å². The van der Waals surface area contributed by atoms with Crippen LogP contribution in [0.5, 0.6) is 0 Å². The predicted molar refractivity (Wildman–Crippen MR) is 136 cm³/mol. The number of thiazole rings is 1. The molecule has 2 heterocycles. The normalized spacial score (nSPS) is 25.0. The van der Waals surface area contributed by atoms with Crippen LogP contribution in [0.3, 0.4) is 0 Å². The van der Waals surface area contributed by atoms with Gasteiger partial charge in [-0.25, -0.2) is 4.98 Å². The van der Waals surface area contributed by atoms with Crippen LogP contribution in [-0.2, 0) is 27.9 Å². The Labute approximate surface area is 223 Å². The molecule has 0 spiro atoms. The second-order valence-corrected chi connectivity index (χ2v) is 11.1. The molecule has 2 aliphatic rings. The van der Waals surface area contributed by atoms with Crippen molar-refractivity contribution in [1.29, 1.82) is 0 Å². The lowest BCUT2D eigenvalue weighted by Gasteiger charge is -2.39. The molecule has 1 aromatic carbocycles. The van der Waals surface area contributed by atoms with Gasteiger partial charge in [-0.05, 0) is 49.8 Å². The maximum absolute atomic E-state index is 13.0. The van der Waals surface area contributed by atoms with E-state index >= 15 is 0 Å². The summed E-state index contributed by atoms with van der Waals surface area (Å²) >= 11 is 1.49. The lowest BCUT2D eigenvalue weighted by molar-refractivity contribution is -0.137. The highest BCUT2D eigenvalue weighted by Crippen LogP contribution is 2.41. The van der Waals surface area contributed by atoms with Crippen LogP contribution in [-0.4, -0.2) is 64.1 Å². The van der Waals surface area contributed by atoms with Gasteiger partial charge in [0.2, 0.25) is 5.91 Å². The van der Waals surface area contributed by atoms with Crippen molar-refractivity contribution in [3.05, 3.63) is 51.5 Å². The molecule has 1 unspecified atom stereocenters. The van der Waals surface area contributed by atoms with Gasteiger partial charge >= 0.3 is 6.18 Å². The van der Waals surface area contributed by atoms with E-state index in [1.54, 1.807) is 13.3 Å². The fourth-order valence-corrected chi connectivity index (χ4v) is 6.34. The number of aromatic nitrogens is 1. The summed E-state index contributed by atoms with van der Waals surface area (Å²) in [5.74, 6) is -0.236. The Hall–Kier alpha value is -2.54. The van der Waals surface area contributed by atoms with Crippen LogP contribution >= 0.6 is 11.3 Å². The summed E-state index contributed by atoms with van der Waals surface area (Å²) in [6.45, 7) is 1.99. The molecule has 8 nitrogen and oxygen atoms in total. The molecular formula is C26H33F3N4O4S. The molecule has 38 heavy (non-hydrogen) atoms. The molecule has 12 heteroatoms. The number of nitrogens with zero attached hydrogens (tertiary/aromatic N) is 3. The summed E-state index contributed by atoms with van der Waals surface area (Å²) in [4.78, 5) is 20.1. The SMILES string of the molecule is COCc1ncc(C2(O)CCC(N3CCC(NC(=O)CCC(=NO)c4cccc(C(F)(F)F)c4)C3)CC2)s1. The number of carbonyl (C=O) groups excluding carboxylic acids is 1. The second-order valence-electron chi connectivity index (χ2n) is 9.99. The number of nitrogens with one attached hydrogen (secondary N) is 1. The minimum atomic E-state index is -4.51. The van der Waals surface area contributed by atoms with Gasteiger partial charge in [-0.1, -0.05) is 17.3 Å². The molecule has 2 aromatic rings. The Balaban J connectivity index is 1.23. The van der Waals surface area contributed by atoms with Crippen LogP contribution in [0.15, 0.2) is 35.6 Å². The number of ether oxygens (including phenoxy) is 1. The van der Waals surface area contributed by atoms with Gasteiger partial charge in [0.15, 0.2) is 0 Å². The predicted octanol–water partition coefficient (Wildman–Crippen LogP) is 4.29. The van der Waals surface area contributed by atoms with Crippen molar-refractivity contribution in [3.63, 3.8) is 0 Å². The van der Waals surface area contributed by atoms with E-state index < -0.39 is 17.3 Å². The minimum Gasteiger partial charge on any atom is -0.411 e. The van der Waals surface area contributed by atoms with Crippen LogP contribution in [0.2, 0.25) is 0 Å². The van der Waals surface area contributed by atoms with Crippen LogP contribution in [0, 0.1) is 0 Å². The summed E-state index contributed by atoms with van der Waals surface area (Å²) in [7, 11) is 1.62. The highest BCUT2D eigenvalue weighted by atomic mass is 32.1. The standard InChI is InChI=1S/C26H33F3N4O4S/c1-37-16-24-30-14-22(38-24)25(35)10-7-20(8-11-25)33-12-9-19(15-33)31-23(34)6-5-21(32-36)17-3-2-4-18(13-17)26(27,28)29/h2-4,13-14,19-20,35-36H,5-12,15-16H2,1H3,(H,31,34). The van der Waals surface area contributed by atoms with Gasteiger partial charge in [-0.3, -0.25) is 9.69 Å². The first kappa shape index (κ1) is 28.5. The molecule has 4 rings (SSSR count). The maximum Gasteiger partial charge on any atom is 0.416 e. The molecule has 2 fully saturated rings. The summed E-state index contributed by atoms with van der Waals surface area (Å²) in [5.41, 5.74) is -1.54. The average Bonchev–Trinajstić information content (AvgIpc) is 3.55. The van der Waals surface area contributed by atoms with Crippen LogP contribution in [0.1, 0.15) is 66.0 Å². The monoisotopic (exact) mass is 554 g/mol. The average molecular weight is 555 g/mol. The summed E-state index contributed by atoms with van der Waals surface area (Å²) in [6.07, 6.45) is 1.07. The number of carbonyl (C=O) groups is 1. The van der Waals surface area contributed by atoms with Gasteiger partial charge in [-0.15, -0.1) is 11.3 Å². The van der Waals surface area contributed by atoms with Gasteiger partial charge in [0.1, 0.15) is 10.6 Å². The van der Waals surface area contributed by atoms with Gasteiger partial charge < -0.3 is 20.4 Å². The van der Waals surface area contributed by atoms with E-state index in [4.69, 9.17) is 4.74 Å². The first-order valence-corrected chi connectivity index (χ1v) is 13.5. The van der Waals surface area contributed by atoms with Crippen LogP contribution in [0.4, 0.5) is 13.2 Å². The molecule has 1 atom stereocenters. The molecular weight excluding hydrogens is 521 g/mol. The third kappa shape index (κ3) is 6.90. The number of aliphatic hydroxyl groups is 1. The Morgan fingerprint density at radius 3 is 2.74 bits per heavy atom. The Morgan fingerprint density at radius 1 is 1.29 bits per heavy atom. The lowest BCUT2D eigenvalue weighted by atomic mass is 9.81. The van der Waals surface area contributed by atoms with E-state index in [1.165, 1.54) is 23.5 Å². The number of rotatable bonds is 9. The highest BCUT2D eigenvalue weighted by molar-refractivity contribution is 7.11. The Kier molecular flexibility index (Phi) is 9.07. The third-order valence-corrected chi connectivity index (χ3v) is 8.56. The largest absolute Gasteiger partial charge is 0.416 e. The zero-order valence-corrected chi connectivity index (χ0v) is 22.0. The number of amides is 1. The topological polar surface area (TPSA) is 107 Å². The number of halogens is 3. The molecule has 3 N–H and O–H groups in total. The molecule has 1 saturated heterocycles. The maximum atomic E-state index is 13.0. The Morgan fingerprint density at radius 2 is 2.05 bits per heavy atom. The quantitative estimate of drug-likeness (QED) is 0.243. The lowest BCUT2D eigenvalue weighted by Crippen LogP contribution is -2.43. The highest BCUT2D eigenvalue weighted by Gasteiger charge is 2.39. The van der Waals surface area contributed by atoms with E-state index in [2.05, 4.69) is 20.4 Å². The fourth-order valence-electron chi connectivity index (χ4n) is 5.30. The van der Waals surface area contributed by atoms with Gasteiger partial charge in [0.25, 0.3) is 0 Å². The van der Waals surface area contributed by atoms with Gasteiger partial charge in [0.05, 0.1) is 22.8 Å². The Bertz CT molecular complexity index is 1130. The van der Waals surface area contributed by atoms with E-state index in [0.717, 1.165) is 47.8 Å². The molecule has 0 radical (unpaired) electrons. The smallest absolute Gasteiger partial charge is 0.411 e. The zero-order valence-electron chi connectivity index (χ0n) is 21.2. The number of oxime groups is 1. The molecule has 1 aromatic heterocycles. The summed E-state index contributed by atoms with van der Waals surface area (Å²) in [5, 5.41) is 27.5. The van der Waals surface area contributed by atoms with E-state index in [-0.39, 0.29) is 36.1 Å². The molecule has 1 amide bonds. The first-order valence-electron chi connectivity index (χ1n) is 12.7. The van der Waals surface area contributed by atoms with Crippen molar-refractivity contribution in [2.24, 2.45) is 5.16 Å². The number of likely N-dealkylation sites (tertiary alicyclic amines) is 1. The molecule has 0 bridgehead atoms. The number of hydrogen-bond donors (Lipinski definition) is 3. The molecule has 1 aliphatic heterocycles. The zero-order chi connectivity index (χ0) is 27.3. The van der Waals surface area contributed by atoms with Crippen molar-refractivity contribution >= 4 is 23.0 Å². The summed E-state index contributed by atoms with van der Waals surface area (Å²) < 4.78 is 44.1. The van der Waals surface area contributed by atoms with Crippen molar-refractivity contribution in [2.75, 3.05) is 20.2 Å². The molecule has 1 saturated carbocycles. The van der Waals surface area contributed by atoms with E-state index in [1.807, 2.05) is 0 Å². The van der Waals surface area contributed by atoms with E-state index in [0.29, 0.717) is 32.0 Å².